The zero-order valence-corrected chi connectivity index (χ0v) is 12.7. The van der Waals surface area contributed by atoms with Gasteiger partial charge >= 0.3 is 5.97 Å². The number of hydrogen-bond donors (Lipinski definition) is 2. The van der Waals surface area contributed by atoms with Crippen LogP contribution in [0.2, 0.25) is 0 Å². The summed E-state index contributed by atoms with van der Waals surface area (Å²) in [6, 6.07) is 4.53. The Morgan fingerprint density at radius 2 is 2.15 bits per heavy atom. The molecule has 1 amide bonds. The van der Waals surface area contributed by atoms with E-state index in [4.69, 9.17) is 9.52 Å². The zero-order valence-electron chi connectivity index (χ0n) is 11.1. The number of carboxylic acids is 1. The highest BCUT2D eigenvalue weighted by Crippen LogP contribution is 2.28. The number of hydrogen-bond acceptors (Lipinski definition) is 3. The van der Waals surface area contributed by atoms with Gasteiger partial charge in [-0.2, -0.15) is 0 Å². The lowest BCUT2D eigenvalue weighted by Crippen LogP contribution is -2.40. The topological polar surface area (TPSA) is 79.5 Å². The van der Waals surface area contributed by atoms with Crippen LogP contribution in [0, 0.1) is 6.92 Å². The molecule has 0 fully saturated rings. The van der Waals surface area contributed by atoms with Gasteiger partial charge in [0.15, 0.2) is 5.76 Å². The molecule has 2 N–H and O–H groups in total. The Balaban J connectivity index is 2.35. The first-order valence-corrected chi connectivity index (χ1v) is 6.95. The van der Waals surface area contributed by atoms with E-state index >= 15 is 0 Å². The molecule has 1 aromatic heterocycles. The Labute approximate surface area is 124 Å². The summed E-state index contributed by atoms with van der Waals surface area (Å²) in [6.45, 7) is 3.47. The molecule has 0 radical (unpaired) electrons. The summed E-state index contributed by atoms with van der Waals surface area (Å²) in [5.41, 5.74) is 1.29. The largest absolute Gasteiger partial charge is 0.480 e. The summed E-state index contributed by atoms with van der Waals surface area (Å²) in [5, 5.41) is 12.2. The molecule has 0 saturated heterocycles. The van der Waals surface area contributed by atoms with E-state index in [9.17, 15) is 9.59 Å². The summed E-state index contributed by atoms with van der Waals surface area (Å²) in [6.07, 6.45) is 0.311. The van der Waals surface area contributed by atoms with Gasteiger partial charge in [0.25, 0.3) is 5.91 Å². The Kier molecular flexibility index (Phi) is 4.13. The third-order valence-corrected chi connectivity index (χ3v) is 3.61. The molecule has 1 heterocycles. The van der Waals surface area contributed by atoms with Crippen molar-refractivity contribution < 1.29 is 19.1 Å². The molecular formula is C14H14BrNO4. The number of carbonyl (C=O) groups excluding carboxylic acids is 1. The second-order valence-corrected chi connectivity index (χ2v) is 5.38. The lowest BCUT2D eigenvalue weighted by atomic mass is 10.1. The maximum Gasteiger partial charge on any atom is 0.326 e. The van der Waals surface area contributed by atoms with Crippen LogP contribution in [0.25, 0.3) is 11.0 Å². The van der Waals surface area contributed by atoms with Gasteiger partial charge in [-0.3, -0.25) is 4.79 Å². The van der Waals surface area contributed by atoms with Gasteiger partial charge in [0, 0.05) is 15.4 Å². The Morgan fingerprint density at radius 3 is 2.75 bits per heavy atom. The highest BCUT2D eigenvalue weighted by Gasteiger charge is 2.23. The number of halogens is 1. The van der Waals surface area contributed by atoms with E-state index in [1.54, 1.807) is 19.9 Å². The molecule has 2 aromatic rings. The lowest BCUT2D eigenvalue weighted by molar-refractivity contribution is -0.139. The van der Waals surface area contributed by atoms with E-state index in [1.165, 1.54) is 0 Å². The molecule has 0 bridgehead atoms. The van der Waals surface area contributed by atoms with Crippen molar-refractivity contribution in [3.05, 3.63) is 34.0 Å². The van der Waals surface area contributed by atoms with Crippen LogP contribution < -0.4 is 5.32 Å². The average molecular weight is 340 g/mol. The zero-order chi connectivity index (χ0) is 14.9. The minimum Gasteiger partial charge on any atom is -0.480 e. The molecule has 0 unspecified atom stereocenters. The summed E-state index contributed by atoms with van der Waals surface area (Å²) in [5.74, 6) is -1.42. The van der Waals surface area contributed by atoms with E-state index in [2.05, 4.69) is 21.2 Å². The van der Waals surface area contributed by atoms with E-state index in [0.717, 1.165) is 9.86 Å². The van der Waals surface area contributed by atoms with Gasteiger partial charge in [-0.15, -0.1) is 0 Å². The van der Waals surface area contributed by atoms with Gasteiger partial charge in [-0.05, 0) is 31.5 Å². The Hall–Kier alpha value is -1.82. The number of benzene rings is 1. The molecule has 6 heteroatoms. The van der Waals surface area contributed by atoms with Crippen molar-refractivity contribution in [1.29, 1.82) is 0 Å². The summed E-state index contributed by atoms with van der Waals surface area (Å²) in [4.78, 5) is 23.1. The van der Waals surface area contributed by atoms with Gasteiger partial charge < -0.3 is 14.8 Å². The average Bonchev–Trinajstić information content (AvgIpc) is 2.73. The monoisotopic (exact) mass is 339 g/mol. The minimum atomic E-state index is -1.06. The van der Waals surface area contributed by atoms with Crippen LogP contribution in [-0.4, -0.2) is 23.0 Å². The number of carboxylic acid groups (broad SMARTS) is 1. The fraction of sp³-hybridized carbons (Fsp3) is 0.286. The van der Waals surface area contributed by atoms with Crippen molar-refractivity contribution in [1.82, 2.24) is 5.32 Å². The van der Waals surface area contributed by atoms with Gasteiger partial charge in [-0.1, -0.05) is 22.9 Å². The smallest absolute Gasteiger partial charge is 0.326 e. The second kappa shape index (κ2) is 5.66. The Morgan fingerprint density at radius 1 is 1.45 bits per heavy atom. The number of fused-ring (bicyclic) bond motifs is 1. The molecule has 1 aromatic carbocycles. The number of amides is 1. The summed E-state index contributed by atoms with van der Waals surface area (Å²) >= 11 is 3.36. The van der Waals surface area contributed by atoms with Crippen LogP contribution in [0.5, 0.6) is 0 Å². The SMILES string of the molecule is CC[C@@H](NC(=O)c1oc2ccc(Br)cc2c1C)C(=O)O. The van der Waals surface area contributed by atoms with Crippen molar-refractivity contribution in [3.8, 4) is 0 Å². The van der Waals surface area contributed by atoms with Crippen LogP contribution in [-0.2, 0) is 4.79 Å². The molecule has 5 nitrogen and oxygen atoms in total. The predicted octanol–water partition coefficient (Wildman–Crippen LogP) is 3.10. The summed E-state index contributed by atoms with van der Waals surface area (Å²) < 4.78 is 6.40. The standard InChI is InChI=1S/C14H14BrNO4/c1-3-10(14(18)19)16-13(17)12-7(2)9-6-8(15)4-5-11(9)20-12/h4-6,10H,3H2,1-2H3,(H,16,17)(H,18,19)/t10-/m1/s1. The highest BCUT2D eigenvalue weighted by atomic mass is 79.9. The van der Waals surface area contributed by atoms with Crippen LogP contribution in [0.3, 0.4) is 0 Å². The molecule has 20 heavy (non-hydrogen) atoms. The molecular weight excluding hydrogens is 326 g/mol. The van der Waals surface area contributed by atoms with Crippen LogP contribution in [0.15, 0.2) is 27.1 Å². The van der Waals surface area contributed by atoms with Crippen molar-refractivity contribution in [2.24, 2.45) is 0 Å². The number of aryl methyl sites for hydroxylation is 1. The maximum atomic E-state index is 12.1. The highest BCUT2D eigenvalue weighted by molar-refractivity contribution is 9.10. The first-order valence-electron chi connectivity index (χ1n) is 6.16. The number of carbonyl (C=O) groups is 2. The van der Waals surface area contributed by atoms with Crippen molar-refractivity contribution >= 4 is 38.8 Å². The lowest BCUT2D eigenvalue weighted by Gasteiger charge is -2.10. The van der Waals surface area contributed by atoms with Gasteiger partial charge in [0.05, 0.1) is 0 Å². The van der Waals surface area contributed by atoms with E-state index in [-0.39, 0.29) is 5.76 Å². The number of furan rings is 1. The van der Waals surface area contributed by atoms with Crippen molar-refractivity contribution in [3.63, 3.8) is 0 Å². The number of rotatable bonds is 4. The van der Waals surface area contributed by atoms with Crippen LogP contribution in [0.1, 0.15) is 29.5 Å². The van der Waals surface area contributed by atoms with E-state index in [0.29, 0.717) is 17.6 Å². The van der Waals surface area contributed by atoms with E-state index < -0.39 is 17.9 Å². The predicted molar refractivity (Wildman–Crippen MR) is 77.8 cm³/mol. The van der Waals surface area contributed by atoms with Crippen molar-refractivity contribution in [2.45, 2.75) is 26.3 Å². The fourth-order valence-electron chi connectivity index (χ4n) is 1.97. The van der Waals surface area contributed by atoms with Gasteiger partial charge in [0.2, 0.25) is 0 Å². The molecule has 0 aliphatic carbocycles. The van der Waals surface area contributed by atoms with Crippen molar-refractivity contribution in [2.75, 3.05) is 0 Å². The fourth-order valence-corrected chi connectivity index (χ4v) is 2.33. The molecule has 0 aliphatic heterocycles. The third kappa shape index (κ3) is 2.70. The van der Waals surface area contributed by atoms with E-state index in [1.807, 2.05) is 12.1 Å². The normalized spacial score (nSPS) is 12.3. The Bertz CT molecular complexity index is 677. The quantitative estimate of drug-likeness (QED) is 0.896. The molecule has 1 atom stereocenters. The van der Waals surface area contributed by atoms with Crippen LogP contribution >= 0.6 is 15.9 Å². The molecule has 2 rings (SSSR count). The first kappa shape index (κ1) is 14.6. The summed E-state index contributed by atoms with van der Waals surface area (Å²) in [7, 11) is 0. The molecule has 0 spiro atoms. The number of aliphatic carboxylic acids is 1. The molecule has 0 saturated carbocycles. The van der Waals surface area contributed by atoms with Gasteiger partial charge in [0.1, 0.15) is 11.6 Å². The first-order chi connectivity index (χ1) is 9.43. The van der Waals surface area contributed by atoms with Gasteiger partial charge in [-0.25, -0.2) is 4.79 Å². The number of nitrogens with one attached hydrogen (secondary N) is 1. The molecule has 0 aliphatic rings. The maximum absolute atomic E-state index is 12.1. The third-order valence-electron chi connectivity index (χ3n) is 3.12. The second-order valence-electron chi connectivity index (χ2n) is 4.47. The van der Waals surface area contributed by atoms with Crippen LogP contribution in [0.4, 0.5) is 0 Å². The minimum absolute atomic E-state index is 0.151. The molecule has 106 valence electrons.